The van der Waals surface area contributed by atoms with Crippen LogP contribution in [-0.4, -0.2) is 32.9 Å². The van der Waals surface area contributed by atoms with Crippen molar-refractivity contribution in [1.82, 2.24) is 4.98 Å². The SMILES string of the molecule is COc1cc(-c2[nH]c3c(F)cccc3c2CCCCN)cc(OC)c1OC. The van der Waals surface area contributed by atoms with E-state index in [1.807, 2.05) is 18.2 Å². The number of methoxy groups -OCH3 is 3. The number of nitrogens with one attached hydrogen (secondary N) is 1. The summed E-state index contributed by atoms with van der Waals surface area (Å²) in [6.45, 7) is 0.635. The van der Waals surface area contributed by atoms with E-state index < -0.39 is 0 Å². The fourth-order valence-electron chi connectivity index (χ4n) is 3.42. The first-order valence-electron chi connectivity index (χ1n) is 8.94. The molecule has 2 aromatic carbocycles. The molecule has 0 fully saturated rings. The maximum absolute atomic E-state index is 14.4. The average Bonchev–Trinajstić information content (AvgIpc) is 3.07. The second-order valence-corrected chi connectivity index (χ2v) is 6.30. The van der Waals surface area contributed by atoms with Gasteiger partial charge in [0.25, 0.3) is 0 Å². The number of ether oxygens (including phenoxy) is 3. The molecule has 3 N–H and O–H groups in total. The van der Waals surface area contributed by atoms with Gasteiger partial charge in [-0.05, 0) is 49.6 Å². The van der Waals surface area contributed by atoms with Gasteiger partial charge in [-0.1, -0.05) is 12.1 Å². The lowest BCUT2D eigenvalue weighted by Gasteiger charge is -2.14. The second kappa shape index (κ2) is 8.31. The number of hydrogen-bond acceptors (Lipinski definition) is 4. The van der Waals surface area contributed by atoms with Crippen LogP contribution < -0.4 is 19.9 Å². The summed E-state index contributed by atoms with van der Waals surface area (Å²) >= 11 is 0. The van der Waals surface area contributed by atoms with Crippen molar-refractivity contribution >= 4 is 10.9 Å². The number of para-hydroxylation sites is 1. The van der Waals surface area contributed by atoms with Gasteiger partial charge in [0.15, 0.2) is 11.5 Å². The van der Waals surface area contributed by atoms with E-state index in [-0.39, 0.29) is 5.82 Å². The largest absolute Gasteiger partial charge is 0.493 e. The Balaban J connectivity index is 2.21. The molecule has 3 aromatic rings. The number of H-pyrrole nitrogens is 1. The van der Waals surface area contributed by atoms with Crippen molar-refractivity contribution in [1.29, 1.82) is 0 Å². The highest BCUT2D eigenvalue weighted by Crippen LogP contribution is 2.43. The Labute approximate surface area is 158 Å². The lowest BCUT2D eigenvalue weighted by atomic mass is 9.99. The number of nitrogens with two attached hydrogens (primary N) is 1. The molecule has 5 nitrogen and oxygen atoms in total. The van der Waals surface area contributed by atoms with Gasteiger partial charge >= 0.3 is 0 Å². The molecule has 0 bridgehead atoms. The van der Waals surface area contributed by atoms with Crippen molar-refractivity contribution in [2.75, 3.05) is 27.9 Å². The van der Waals surface area contributed by atoms with Crippen LogP contribution in [0.5, 0.6) is 17.2 Å². The molecule has 0 aliphatic carbocycles. The van der Waals surface area contributed by atoms with Crippen LogP contribution in [0.15, 0.2) is 30.3 Å². The molecule has 1 heterocycles. The van der Waals surface area contributed by atoms with Crippen molar-refractivity contribution in [3.63, 3.8) is 0 Å². The summed E-state index contributed by atoms with van der Waals surface area (Å²) in [5.74, 6) is 1.36. The topological polar surface area (TPSA) is 69.5 Å². The maximum atomic E-state index is 14.4. The summed E-state index contributed by atoms with van der Waals surface area (Å²) < 4.78 is 30.7. The van der Waals surface area contributed by atoms with E-state index in [0.717, 1.165) is 41.5 Å². The van der Waals surface area contributed by atoms with Gasteiger partial charge in [0.2, 0.25) is 5.75 Å². The summed E-state index contributed by atoms with van der Waals surface area (Å²) in [7, 11) is 4.72. The number of fused-ring (bicyclic) bond motifs is 1. The standard InChI is InChI=1S/C21H25FN2O3/c1-25-17-11-13(12-18(26-2)21(17)27-3)19-14(7-4-5-10-23)15-8-6-9-16(22)20(15)24-19/h6,8-9,11-12,24H,4-5,7,10,23H2,1-3H3. The minimum Gasteiger partial charge on any atom is -0.493 e. The first-order chi connectivity index (χ1) is 13.1. The molecular formula is C21H25FN2O3. The predicted octanol–water partition coefficient (Wildman–Crippen LogP) is 4.28. The molecule has 0 aliphatic rings. The first kappa shape index (κ1) is 19.0. The van der Waals surface area contributed by atoms with E-state index in [2.05, 4.69) is 4.98 Å². The lowest BCUT2D eigenvalue weighted by Crippen LogP contribution is -2.00. The van der Waals surface area contributed by atoms with Gasteiger partial charge in [-0.3, -0.25) is 0 Å². The molecule has 0 atom stereocenters. The Bertz CT molecular complexity index is 912. The highest BCUT2D eigenvalue weighted by atomic mass is 19.1. The average molecular weight is 372 g/mol. The van der Waals surface area contributed by atoms with E-state index in [4.69, 9.17) is 19.9 Å². The van der Waals surface area contributed by atoms with Crippen LogP contribution in [0, 0.1) is 5.82 Å². The van der Waals surface area contributed by atoms with Gasteiger partial charge in [0.05, 0.1) is 32.5 Å². The zero-order valence-corrected chi connectivity index (χ0v) is 15.9. The molecule has 0 unspecified atom stereocenters. The highest BCUT2D eigenvalue weighted by Gasteiger charge is 2.19. The molecule has 0 saturated carbocycles. The summed E-state index contributed by atoms with van der Waals surface area (Å²) in [4.78, 5) is 3.26. The third-order valence-corrected chi connectivity index (χ3v) is 4.72. The van der Waals surface area contributed by atoms with Crippen LogP contribution >= 0.6 is 0 Å². The van der Waals surface area contributed by atoms with Crippen LogP contribution in [0.2, 0.25) is 0 Å². The third-order valence-electron chi connectivity index (χ3n) is 4.72. The molecular weight excluding hydrogens is 347 g/mol. The van der Waals surface area contributed by atoms with Crippen LogP contribution in [-0.2, 0) is 6.42 Å². The van der Waals surface area contributed by atoms with Crippen molar-refractivity contribution in [2.45, 2.75) is 19.3 Å². The van der Waals surface area contributed by atoms with Crippen LogP contribution in [0.4, 0.5) is 4.39 Å². The predicted molar refractivity (Wildman–Crippen MR) is 105 cm³/mol. The van der Waals surface area contributed by atoms with Crippen molar-refractivity contribution in [3.05, 3.63) is 41.7 Å². The molecule has 27 heavy (non-hydrogen) atoms. The zero-order valence-electron chi connectivity index (χ0n) is 15.9. The van der Waals surface area contributed by atoms with Gasteiger partial charge < -0.3 is 24.9 Å². The first-order valence-corrected chi connectivity index (χ1v) is 8.94. The number of aromatic nitrogens is 1. The molecule has 0 radical (unpaired) electrons. The van der Waals surface area contributed by atoms with E-state index >= 15 is 0 Å². The Morgan fingerprint density at radius 2 is 1.70 bits per heavy atom. The number of halogens is 1. The highest BCUT2D eigenvalue weighted by molar-refractivity contribution is 5.91. The Kier molecular flexibility index (Phi) is 5.86. The van der Waals surface area contributed by atoms with Gasteiger partial charge in [-0.25, -0.2) is 4.39 Å². The molecule has 1 aromatic heterocycles. The zero-order chi connectivity index (χ0) is 19.4. The quantitative estimate of drug-likeness (QED) is 0.579. The third kappa shape index (κ3) is 3.57. The molecule has 0 spiro atoms. The Hall–Kier alpha value is -2.73. The Morgan fingerprint density at radius 1 is 1.00 bits per heavy atom. The number of hydrogen-bond donors (Lipinski definition) is 2. The van der Waals surface area contributed by atoms with Gasteiger partial charge in [-0.15, -0.1) is 0 Å². The van der Waals surface area contributed by atoms with E-state index in [1.54, 1.807) is 27.4 Å². The van der Waals surface area contributed by atoms with Gasteiger partial charge in [0.1, 0.15) is 5.82 Å². The van der Waals surface area contributed by atoms with E-state index in [1.165, 1.54) is 6.07 Å². The number of aryl methyl sites for hydroxylation is 1. The second-order valence-electron chi connectivity index (χ2n) is 6.30. The number of benzene rings is 2. The van der Waals surface area contributed by atoms with Crippen molar-refractivity contribution < 1.29 is 18.6 Å². The van der Waals surface area contributed by atoms with Gasteiger partial charge in [-0.2, -0.15) is 0 Å². The van der Waals surface area contributed by atoms with Crippen LogP contribution in [0.1, 0.15) is 18.4 Å². The normalized spacial score (nSPS) is 11.0. The molecule has 0 amide bonds. The summed E-state index contributed by atoms with van der Waals surface area (Å²) in [5, 5.41) is 0.885. The minimum atomic E-state index is -0.272. The number of unbranched alkanes of at least 4 members (excludes halogenated alkanes) is 1. The van der Waals surface area contributed by atoms with Crippen molar-refractivity contribution in [3.8, 4) is 28.5 Å². The molecule has 0 aliphatic heterocycles. The summed E-state index contributed by atoms with van der Waals surface area (Å²) in [6, 6.07) is 8.87. The molecule has 3 rings (SSSR count). The fraction of sp³-hybridized carbons (Fsp3) is 0.333. The van der Waals surface area contributed by atoms with E-state index in [9.17, 15) is 4.39 Å². The monoisotopic (exact) mass is 372 g/mol. The van der Waals surface area contributed by atoms with Gasteiger partial charge in [0, 0.05) is 10.9 Å². The summed E-state index contributed by atoms with van der Waals surface area (Å²) in [6.07, 6.45) is 2.64. The van der Waals surface area contributed by atoms with Crippen LogP contribution in [0.3, 0.4) is 0 Å². The molecule has 6 heteroatoms. The smallest absolute Gasteiger partial charge is 0.203 e. The maximum Gasteiger partial charge on any atom is 0.203 e. The fourth-order valence-corrected chi connectivity index (χ4v) is 3.42. The molecule has 0 saturated heterocycles. The van der Waals surface area contributed by atoms with Crippen molar-refractivity contribution in [2.24, 2.45) is 5.73 Å². The summed E-state index contributed by atoms with van der Waals surface area (Å²) in [5.41, 5.74) is 8.92. The number of aromatic amines is 1. The molecule has 144 valence electrons. The minimum absolute atomic E-state index is 0.272. The van der Waals surface area contributed by atoms with E-state index in [0.29, 0.717) is 29.3 Å². The Morgan fingerprint density at radius 3 is 2.30 bits per heavy atom. The lowest BCUT2D eigenvalue weighted by molar-refractivity contribution is 0.324. The number of rotatable bonds is 8. The van der Waals surface area contributed by atoms with Crippen LogP contribution in [0.25, 0.3) is 22.2 Å².